The quantitative estimate of drug-likeness (QED) is 0.656. The Morgan fingerprint density at radius 2 is 2.09 bits per heavy atom. The van der Waals surface area contributed by atoms with E-state index in [9.17, 15) is 0 Å². The van der Waals surface area contributed by atoms with Gasteiger partial charge in [-0.15, -0.1) is 11.8 Å². The molecule has 0 amide bonds. The number of thioether (sulfide) groups is 1. The molecule has 0 aliphatic carbocycles. The summed E-state index contributed by atoms with van der Waals surface area (Å²) >= 11 is 1.74. The number of nitrogens with one attached hydrogen (secondary N) is 1. The largest absolute Gasteiger partial charge is 0.281 e. The number of rotatable bonds is 1. The lowest BCUT2D eigenvalue weighted by atomic mass is 9.92. The van der Waals surface area contributed by atoms with Gasteiger partial charge in [-0.3, -0.25) is 5.10 Å². The van der Waals surface area contributed by atoms with Gasteiger partial charge in [-0.25, -0.2) is 0 Å². The molecule has 0 fully saturated rings. The second-order valence-electron chi connectivity index (χ2n) is 3.56. The summed E-state index contributed by atoms with van der Waals surface area (Å²) in [6.07, 6.45) is 3.95. The van der Waals surface area contributed by atoms with E-state index in [2.05, 4.69) is 37.2 Å². The van der Waals surface area contributed by atoms with Crippen LogP contribution in [0, 0.1) is 0 Å². The number of H-pyrrole nitrogens is 1. The van der Waals surface area contributed by atoms with Crippen LogP contribution in [-0.2, 0) is 5.41 Å². The van der Waals surface area contributed by atoms with Crippen molar-refractivity contribution in [1.82, 2.24) is 10.2 Å². The molecule has 0 saturated carbocycles. The van der Waals surface area contributed by atoms with E-state index in [1.54, 1.807) is 11.8 Å². The van der Waals surface area contributed by atoms with Crippen molar-refractivity contribution in [3.63, 3.8) is 0 Å². The third-order valence-corrected chi connectivity index (χ3v) is 2.32. The van der Waals surface area contributed by atoms with Crippen molar-refractivity contribution in [3.05, 3.63) is 11.9 Å². The highest BCUT2D eigenvalue weighted by Gasteiger charge is 2.19. The van der Waals surface area contributed by atoms with Gasteiger partial charge >= 0.3 is 0 Å². The average Bonchev–Trinajstić information content (AvgIpc) is 2.31. The fourth-order valence-corrected chi connectivity index (χ4v) is 1.68. The Morgan fingerprint density at radius 1 is 1.45 bits per heavy atom. The summed E-state index contributed by atoms with van der Waals surface area (Å²) in [6.45, 7) is 6.54. The zero-order chi connectivity index (χ0) is 8.48. The van der Waals surface area contributed by atoms with Gasteiger partial charge in [0.1, 0.15) is 0 Å². The van der Waals surface area contributed by atoms with E-state index in [4.69, 9.17) is 0 Å². The van der Waals surface area contributed by atoms with Gasteiger partial charge in [0, 0.05) is 10.3 Å². The Kier molecular flexibility index (Phi) is 2.28. The van der Waals surface area contributed by atoms with E-state index < -0.39 is 0 Å². The van der Waals surface area contributed by atoms with Crippen molar-refractivity contribution in [3.8, 4) is 0 Å². The minimum absolute atomic E-state index is 0.175. The number of nitrogens with zero attached hydrogens (tertiary/aromatic N) is 1. The molecule has 0 aliphatic heterocycles. The van der Waals surface area contributed by atoms with E-state index >= 15 is 0 Å². The Bertz CT molecular complexity index is 234. The van der Waals surface area contributed by atoms with Crippen molar-refractivity contribution in [2.45, 2.75) is 31.1 Å². The highest BCUT2D eigenvalue weighted by molar-refractivity contribution is 7.98. The van der Waals surface area contributed by atoms with Crippen molar-refractivity contribution < 1.29 is 0 Å². The van der Waals surface area contributed by atoms with Crippen LogP contribution in [0.1, 0.15) is 26.5 Å². The molecule has 0 unspecified atom stereocenters. The first-order chi connectivity index (χ1) is 5.05. The Hall–Kier alpha value is -0.440. The topological polar surface area (TPSA) is 28.7 Å². The van der Waals surface area contributed by atoms with Crippen LogP contribution in [0.2, 0.25) is 0 Å². The smallest absolute Gasteiger partial charge is 0.0626 e. The van der Waals surface area contributed by atoms with Crippen LogP contribution in [0.5, 0.6) is 0 Å². The zero-order valence-corrected chi connectivity index (χ0v) is 8.25. The minimum atomic E-state index is 0.175. The van der Waals surface area contributed by atoms with Crippen molar-refractivity contribution in [2.75, 3.05) is 6.26 Å². The highest BCUT2D eigenvalue weighted by Crippen LogP contribution is 2.28. The van der Waals surface area contributed by atoms with Crippen LogP contribution in [0.25, 0.3) is 0 Å². The summed E-state index contributed by atoms with van der Waals surface area (Å²) in [5, 5.41) is 7.04. The second-order valence-corrected chi connectivity index (χ2v) is 4.41. The van der Waals surface area contributed by atoms with E-state index in [0.717, 1.165) is 0 Å². The lowest BCUT2D eigenvalue weighted by Gasteiger charge is -2.17. The fourth-order valence-electron chi connectivity index (χ4n) is 0.967. The molecular formula is C8H14N2S. The van der Waals surface area contributed by atoms with Gasteiger partial charge in [0.15, 0.2) is 0 Å². The van der Waals surface area contributed by atoms with Gasteiger partial charge in [0.2, 0.25) is 0 Å². The maximum atomic E-state index is 4.01. The van der Waals surface area contributed by atoms with E-state index in [1.165, 1.54) is 10.6 Å². The van der Waals surface area contributed by atoms with Crippen LogP contribution in [0.4, 0.5) is 0 Å². The molecule has 0 spiro atoms. The molecule has 1 aromatic heterocycles. The molecule has 3 heteroatoms. The van der Waals surface area contributed by atoms with Crippen molar-refractivity contribution >= 4 is 11.8 Å². The Balaban J connectivity index is 3.02. The summed E-state index contributed by atoms with van der Waals surface area (Å²) in [7, 11) is 0. The molecule has 0 radical (unpaired) electrons. The molecule has 0 bridgehead atoms. The first-order valence-electron chi connectivity index (χ1n) is 3.63. The van der Waals surface area contributed by atoms with Gasteiger partial charge in [-0.2, -0.15) is 5.10 Å². The maximum Gasteiger partial charge on any atom is 0.0626 e. The molecule has 1 N–H and O–H groups in total. The number of aromatic amines is 1. The average molecular weight is 170 g/mol. The second kappa shape index (κ2) is 2.89. The monoisotopic (exact) mass is 170 g/mol. The Labute approximate surface area is 71.8 Å². The molecular weight excluding hydrogens is 156 g/mol. The van der Waals surface area contributed by atoms with Gasteiger partial charge in [0.25, 0.3) is 0 Å². The summed E-state index contributed by atoms with van der Waals surface area (Å²) in [4.78, 5) is 1.25. The number of aromatic nitrogens is 2. The van der Waals surface area contributed by atoms with Gasteiger partial charge < -0.3 is 0 Å². The lowest BCUT2D eigenvalue weighted by molar-refractivity contribution is 0.556. The number of hydrogen-bond donors (Lipinski definition) is 1. The third-order valence-electron chi connectivity index (χ3n) is 1.57. The predicted octanol–water partition coefficient (Wildman–Crippen LogP) is 2.43. The first kappa shape index (κ1) is 8.65. The Morgan fingerprint density at radius 3 is 2.45 bits per heavy atom. The summed E-state index contributed by atoms with van der Waals surface area (Å²) in [5.41, 5.74) is 1.40. The van der Waals surface area contributed by atoms with E-state index in [0.29, 0.717) is 0 Å². The number of hydrogen-bond acceptors (Lipinski definition) is 2. The molecule has 0 aromatic carbocycles. The molecule has 1 rings (SSSR count). The summed E-state index contributed by atoms with van der Waals surface area (Å²) in [5.74, 6) is 0. The summed E-state index contributed by atoms with van der Waals surface area (Å²) < 4.78 is 0. The fraction of sp³-hybridized carbons (Fsp3) is 0.625. The van der Waals surface area contributed by atoms with Crippen LogP contribution >= 0.6 is 11.8 Å². The maximum absolute atomic E-state index is 4.01. The van der Waals surface area contributed by atoms with E-state index in [1.807, 2.05) is 6.20 Å². The molecule has 62 valence electrons. The van der Waals surface area contributed by atoms with Gasteiger partial charge in [-0.1, -0.05) is 20.8 Å². The van der Waals surface area contributed by atoms with Gasteiger partial charge in [0.05, 0.1) is 11.9 Å². The molecule has 1 heterocycles. The van der Waals surface area contributed by atoms with Crippen LogP contribution in [0.15, 0.2) is 11.1 Å². The zero-order valence-electron chi connectivity index (χ0n) is 7.43. The molecule has 0 atom stereocenters. The molecule has 0 aliphatic rings. The SMILES string of the molecule is CSc1cn[nH]c1C(C)(C)C. The van der Waals surface area contributed by atoms with Crippen molar-refractivity contribution in [2.24, 2.45) is 0 Å². The standard InChI is InChI=1S/C8H14N2S/c1-8(2,3)7-6(11-4)5-9-10-7/h5H,1-4H3,(H,9,10). The third kappa shape index (κ3) is 1.77. The predicted molar refractivity (Wildman–Crippen MR) is 49.1 cm³/mol. The molecule has 11 heavy (non-hydrogen) atoms. The van der Waals surface area contributed by atoms with E-state index in [-0.39, 0.29) is 5.41 Å². The molecule has 0 saturated heterocycles. The van der Waals surface area contributed by atoms with Crippen LogP contribution in [0.3, 0.4) is 0 Å². The van der Waals surface area contributed by atoms with Crippen LogP contribution < -0.4 is 0 Å². The first-order valence-corrected chi connectivity index (χ1v) is 4.86. The summed E-state index contributed by atoms with van der Waals surface area (Å²) in [6, 6.07) is 0. The van der Waals surface area contributed by atoms with Crippen LogP contribution in [-0.4, -0.2) is 16.5 Å². The normalized spacial score (nSPS) is 12.0. The molecule has 1 aromatic rings. The highest BCUT2D eigenvalue weighted by atomic mass is 32.2. The van der Waals surface area contributed by atoms with Gasteiger partial charge in [-0.05, 0) is 6.26 Å². The lowest BCUT2D eigenvalue weighted by Crippen LogP contribution is -2.12. The minimum Gasteiger partial charge on any atom is -0.281 e. The molecule has 2 nitrogen and oxygen atoms in total. The van der Waals surface area contributed by atoms with Crippen molar-refractivity contribution in [1.29, 1.82) is 0 Å².